The van der Waals surface area contributed by atoms with Crippen molar-refractivity contribution in [3.63, 3.8) is 0 Å². The second kappa shape index (κ2) is 5.49. The average molecular weight is 260 g/mol. The van der Waals surface area contributed by atoms with Gasteiger partial charge < -0.3 is 0 Å². The van der Waals surface area contributed by atoms with Crippen LogP contribution in [-0.2, 0) is 0 Å². The molecule has 0 aromatic heterocycles. The minimum atomic E-state index is 0.285. The van der Waals surface area contributed by atoms with Gasteiger partial charge in [-0.15, -0.1) is 0 Å². The van der Waals surface area contributed by atoms with Gasteiger partial charge in [-0.05, 0) is 0 Å². The summed E-state index contributed by atoms with van der Waals surface area (Å²) in [5.74, 6) is 0.540. The standard InChI is InChI=1S/C11H13ClSe/c1-9(2)8-11(12)13-10-6-4-3-5-7-10/h3-9H,1-2H3/b11-8+. The first-order valence-corrected chi connectivity index (χ1v) is 6.38. The Morgan fingerprint density at radius 1 is 1.31 bits per heavy atom. The molecule has 0 spiro atoms. The summed E-state index contributed by atoms with van der Waals surface area (Å²) in [6.07, 6.45) is 2.12. The van der Waals surface area contributed by atoms with Gasteiger partial charge >= 0.3 is 91.1 Å². The van der Waals surface area contributed by atoms with Crippen LogP contribution in [0, 0.1) is 5.92 Å². The predicted octanol–water partition coefficient (Wildman–Crippen LogP) is 2.75. The fourth-order valence-electron chi connectivity index (χ4n) is 0.897. The van der Waals surface area contributed by atoms with E-state index >= 15 is 0 Å². The van der Waals surface area contributed by atoms with Crippen LogP contribution in [-0.4, -0.2) is 15.0 Å². The Kier molecular flexibility index (Phi) is 4.58. The summed E-state index contributed by atoms with van der Waals surface area (Å²) in [6, 6.07) is 10.4. The second-order valence-electron chi connectivity index (χ2n) is 3.13. The first-order chi connectivity index (χ1) is 6.18. The SMILES string of the molecule is CC(C)/C=C(\Cl)[Se]c1ccccc1. The summed E-state index contributed by atoms with van der Waals surface area (Å²) in [5, 5.41) is 0. The van der Waals surface area contributed by atoms with Crippen molar-refractivity contribution in [3.8, 4) is 0 Å². The van der Waals surface area contributed by atoms with E-state index in [-0.39, 0.29) is 15.0 Å². The van der Waals surface area contributed by atoms with Gasteiger partial charge in [0.1, 0.15) is 0 Å². The molecule has 0 nitrogen and oxygen atoms in total. The molecule has 70 valence electrons. The van der Waals surface area contributed by atoms with Gasteiger partial charge in [0.05, 0.1) is 0 Å². The van der Waals surface area contributed by atoms with Crippen molar-refractivity contribution in [3.05, 3.63) is 40.3 Å². The van der Waals surface area contributed by atoms with Crippen LogP contribution in [0.2, 0.25) is 0 Å². The normalized spacial score (nSPS) is 12.2. The van der Waals surface area contributed by atoms with Crippen molar-refractivity contribution in [2.45, 2.75) is 13.8 Å². The van der Waals surface area contributed by atoms with Gasteiger partial charge in [0, 0.05) is 0 Å². The molecule has 0 radical (unpaired) electrons. The molecule has 1 aromatic carbocycles. The molecule has 0 aliphatic carbocycles. The van der Waals surface area contributed by atoms with Crippen molar-refractivity contribution >= 4 is 31.0 Å². The molecule has 0 N–H and O–H groups in total. The Labute approximate surface area is 91.2 Å². The Morgan fingerprint density at radius 2 is 1.92 bits per heavy atom. The molecule has 0 amide bonds. The van der Waals surface area contributed by atoms with Crippen molar-refractivity contribution < 1.29 is 0 Å². The molecular formula is C11H13ClSe. The minimum absolute atomic E-state index is 0.285. The van der Waals surface area contributed by atoms with Crippen LogP contribution >= 0.6 is 11.6 Å². The van der Waals surface area contributed by atoms with Crippen LogP contribution in [0.5, 0.6) is 0 Å². The van der Waals surface area contributed by atoms with Crippen LogP contribution in [0.3, 0.4) is 0 Å². The molecule has 0 unspecified atom stereocenters. The Hall–Kier alpha value is -0.231. The van der Waals surface area contributed by atoms with Crippen molar-refractivity contribution in [1.29, 1.82) is 0 Å². The van der Waals surface area contributed by atoms with Crippen LogP contribution in [0.1, 0.15) is 13.8 Å². The Balaban J connectivity index is 2.60. The quantitative estimate of drug-likeness (QED) is 0.733. The van der Waals surface area contributed by atoms with Crippen LogP contribution < -0.4 is 4.46 Å². The van der Waals surface area contributed by atoms with E-state index in [0.29, 0.717) is 5.92 Å². The zero-order valence-electron chi connectivity index (χ0n) is 7.83. The maximum absolute atomic E-state index is 6.10. The topological polar surface area (TPSA) is 0 Å². The van der Waals surface area contributed by atoms with E-state index in [1.165, 1.54) is 4.46 Å². The third-order valence-corrected chi connectivity index (χ3v) is 3.71. The van der Waals surface area contributed by atoms with Gasteiger partial charge in [-0.3, -0.25) is 0 Å². The molecular weight excluding hydrogens is 247 g/mol. The van der Waals surface area contributed by atoms with Gasteiger partial charge in [0.2, 0.25) is 0 Å². The fraction of sp³-hybridized carbons (Fsp3) is 0.273. The summed E-state index contributed by atoms with van der Waals surface area (Å²) in [4.78, 5) is 0. The Bertz CT molecular complexity index is 277. The van der Waals surface area contributed by atoms with E-state index in [1.807, 2.05) is 6.07 Å². The average Bonchev–Trinajstić information content (AvgIpc) is 2.04. The summed E-state index contributed by atoms with van der Waals surface area (Å²) >= 11 is 6.38. The molecule has 0 saturated heterocycles. The van der Waals surface area contributed by atoms with Crippen molar-refractivity contribution in [1.82, 2.24) is 0 Å². The molecule has 0 aliphatic heterocycles. The third kappa shape index (κ3) is 4.52. The first kappa shape index (κ1) is 10.8. The van der Waals surface area contributed by atoms with Gasteiger partial charge in [-0.2, -0.15) is 0 Å². The number of hydrogen-bond donors (Lipinski definition) is 0. The summed E-state index contributed by atoms with van der Waals surface area (Å²) in [5.41, 5.74) is 0. The molecule has 1 aromatic rings. The third-order valence-electron chi connectivity index (χ3n) is 1.42. The zero-order valence-corrected chi connectivity index (χ0v) is 10.3. The summed E-state index contributed by atoms with van der Waals surface area (Å²) in [6.45, 7) is 4.28. The summed E-state index contributed by atoms with van der Waals surface area (Å²) in [7, 11) is 0. The van der Waals surface area contributed by atoms with E-state index in [0.717, 1.165) is 3.93 Å². The van der Waals surface area contributed by atoms with Crippen LogP contribution in [0.25, 0.3) is 0 Å². The number of hydrogen-bond acceptors (Lipinski definition) is 0. The number of benzene rings is 1. The van der Waals surface area contributed by atoms with E-state index in [2.05, 4.69) is 44.2 Å². The number of halogens is 1. The summed E-state index contributed by atoms with van der Waals surface area (Å²) < 4.78 is 2.32. The first-order valence-electron chi connectivity index (χ1n) is 4.28. The molecule has 1 rings (SSSR count). The van der Waals surface area contributed by atoms with Gasteiger partial charge in [0.25, 0.3) is 0 Å². The number of rotatable bonds is 3. The maximum atomic E-state index is 6.10. The molecule has 0 saturated carbocycles. The molecule has 0 heterocycles. The molecule has 0 aliphatic rings. The molecule has 2 heteroatoms. The number of allylic oxidation sites excluding steroid dienone is 1. The van der Waals surface area contributed by atoms with Gasteiger partial charge in [0.15, 0.2) is 0 Å². The van der Waals surface area contributed by atoms with Crippen molar-refractivity contribution in [2.75, 3.05) is 0 Å². The second-order valence-corrected chi connectivity index (χ2v) is 6.39. The van der Waals surface area contributed by atoms with E-state index in [4.69, 9.17) is 11.6 Å². The van der Waals surface area contributed by atoms with Crippen molar-refractivity contribution in [2.24, 2.45) is 5.92 Å². The van der Waals surface area contributed by atoms with Crippen LogP contribution in [0.4, 0.5) is 0 Å². The molecule has 0 fully saturated rings. The molecule has 0 bridgehead atoms. The van der Waals surface area contributed by atoms with Gasteiger partial charge in [-0.25, -0.2) is 0 Å². The van der Waals surface area contributed by atoms with E-state index in [9.17, 15) is 0 Å². The van der Waals surface area contributed by atoms with Gasteiger partial charge in [-0.1, -0.05) is 0 Å². The molecule has 13 heavy (non-hydrogen) atoms. The zero-order chi connectivity index (χ0) is 9.68. The van der Waals surface area contributed by atoms with E-state index < -0.39 is 0 Å². The monoisotopic (exact) mass is 260 g/mol. The van der Waals surface area contributed by atoms with E-state index in [1.54, 1.807) is 0 Å². The Morgan fingerprint density at radius 3 is 2.46 bits per heavy atom. The van der Waals surface area contributed by atoms with Crippen LogP contribution in [0.15, 0.2) is 40.3 Å². The fourth-order valence-corrected chi connectivity index (χ4v) is 3.41. The predicted molar refractivity (Wildman–Crippen MR) is 60.6 cm³/mol. The molecule has 0 atom stereocenters.